The van der Waals surface area contributed by atoms with Crippen molar-refractivity contribution in [2.75, 3.05) is 13.7 Å². The van der Waals surface area contributed by atoms with Crippen molar-refractivity contribution in [1.82, 2.24) is 0 Å². The Labute approximate surface area is 115 Å². The minimum absolute atomic E-state index is 0.162. The van der Waals surface area contributed by atoms with E-state index in [9.17, 15) is 4.79 Å². The Morgan fingerprint density at radius 3 is 2.58 bits per heavy atom. The second kappa shape index (κ2) is 5.74. The molecular weight excluding hydrogens is 238 g/mol. The van der Waals surface area contributed by atoms with Crippen molar-refractivity contribution in [1.29, 1.82) is 0 Å². The van der Waals surface area contributed by atoms with E-state index in [1.807, 2.05) is 25.1 Å². The normalized spacial score (nSPS) is 18.1. The van der Waals surface area contributed by atoms with Crippen molar-refractivity contribution in [2.24, 2.45) is 11.1 Å². The Morgan fingerprint density at radius 2 is 2.00 bits per heavy atom. The lowest BCUT2D eigenvalue weighted by Gasteiger charge is -2.35. The molecule has 0 amide bonds. The van der Waals surface area contributed by atoms with Gasteiger partial charge in [-0.2, -0.15) is 0 Å². The van der Waals surface area contributed by atoms with E-state index in [-0.39, 0.29) is 11.2 Å². The van der Waals surface area contributed by atoms with E-state index in [1.54, 1.807) is 7.11 Å². The maximum absolute atomic E-state index is 12.9. The molecule has 1 aromatic carbocycles. The zero-order valence-corrected chi connectivity index (χ0v) is 11.9. The number of hydrogen-bond acceptors (Lipinski definition) is 3. The highest BCUT2D eigenvalue weighted by Crippen LogP contribution is 2.40. The maximum Gasteiger partial charge on any atom is 0.173 e. The third kappa shape index (κ3) is 2.66. The van der Waals surface area contributed by atoms with Crippen LogP contribution >= 0.6 is 0 Å². The second-order valence-corrected chi connectivity index (χ2v) is 5.58. The van der Waals surface area contributed by atoms with Crippen molar-refractivity contribution in [3.8, 4) is 5.75 Å². The van der Waals surface area contributed by atoms with Crippen LogP contribution in [-0.4, -0.2) is 19.4 Å². The van der Waals surface area contributed by atoms with E-state index in [1.165, 1.54) is 6.42 Å². The summed E-state index contributed by atoms with van der Waals surface area (Å²) in [7, 11) is 1.61. The number of nitrogens with two attached hydrogens (primary N) is 1. The molecule has 1 aliphatic rings. The molecule has 19 heavy (non-hydrogen) atoms. The van der Waals surface area contributed by atoms with Crippen molar-refractivity contribution < 1.29 is 9.53 Å². The van der Waals surface area contributed by atoms with Crippen LogP contribution in [0.1, 0.15) is 48.0 Å². The molecule has 0 heterocycles. The number of carbonyl (C=O) groups is 1. The van der Waals surface area contributed by atoms with Crippen molar-refractivity contribution in [2.45, 2.75) is 39.0 Å². The van der Waals surface area contributed by atoms with Crippen LogP contribution in [0.25, 0.3) is 0 Å². The highest BCUT2D eigenvalue weighted by Gasteiger charge is 2.39. The van der Waals surface area contributed by atoms with Crippen LogP contribution in [0.3, 0.4) is 0 Å². The van der Waals surface area contributed by atoms with E-state index in [0.717, 1.165) is 31.2 Å². The SMILES string of the molecule is COc1ccc(C)cc1C(=O)C1(CN)CCCCC1. The summed E-state index contributed by atoms with van der Waals surface area (Å²) in [6.45, 7) is 2.43. The Kier molecular flexibility index (Phi) is 4.25. The first-order chi connectivity index (χ1) is 9.13. The molecule has 104 valence electrons. The van der Waals surface area contributed by atoms with Crippen molar-refractivity contribution in [3.63, 3.8) is 0 Å². The van der Waals surface area contributed by atoms with Crippen LogP contribution in [0.5, 0.6) is 5.75 Å². The van der Waals surface area contributed by atoms with Gasteiger partial charge in [0, 0.05) is 12.0 Å². The van der Waals surface area contributed by atoms with Crippen LogP contribution < -0.4 is 10.5 Å². The van der Waals surface area contributed by atoms with Crippen LogP contribution in [-0.2, 0) is 0 Å². The molecule has 0 radical (unpaired) electrons. The fraction of sp³-hybridized carbons (Fsp3) is 0.562. The minimum atomic E-state index is -0.376. The highest BCUT2D eigenvalue weighted by molar-refractivity contribution is 6.03. The lowest BCUT2D eigenvalue weighted by atomic mass is 9.69. The maximum atomic E-state index is 12.9. The molecule has 2 N–H and O–H groups in total. The van der Waals surface area contributed by atoms with Gasteiger partial charge in [-0.05, 0) is 31.9 Å². The summed E-state index contributed by atoms with van der Waals surface area (Å²) in [5.41, 5.74) is 7.33. The Balaban J connectivity index is 2.39. The van der Waals surface area contributed by atoms with E-state index >= 15 is 0 Å². The molecule has 1 aromatic rings. The first-order valence-corrected chi connectivity index (χ1v) is 7.02. The van der Waals surface area contributed by atoms with E-state index in [0.29, 0.717) is 17.9 Å². The van der Waals surface area contributed by atoms with Gasteiger partial charge in [-0.1, -0.05) is 30.9 Å². The molecule has 0 saturated heterocycles. The van der Waals surface area contributed by atoms with E-state index < -0.39 is 0 Å². The third-order valence-electron chi connectivity index (χ3n) is 4.28. The van der Waals surface area contributed by atoms with Gasteiger partial charge in [0.05, 0.1) is 12.7 Å². The lowest BCUT2D eigenvalue weighted by Crippen LogP contribution is -2.40. The van der Waals surface area contributed by atoms with Crippen LogP contribution in [0.4, 0.5) is 0 Å². The van der Waals surface area contributed by atoms with Crippen LogP contribution in [0.2, 0.25) is 0 Å². The van der Waals surface area contributed by atoms with Gasteiger partial charge in [-0.25, -0.2) is 0 Å². The number of methoxy groups -OCH3 is 1. The molecule has 0 atom stereocenters. The number of aryl methyl sites for hydroxylation is 1. The van der Waals surface area contributed by atoms with Crippen LogP contribution in [0, 0.1) is 12.3 Å². The predicted molar refractivity (Wildman–Crippen MR) is 76.6 cm³/mol. The summed E-state index contributed by atoms with van der Waals surface area (Å²) in [6.07, 6.45) is 5.20. The minimum Gasteiger partial charge on any atom is -0.496 e. The quantitative estimate of drug-likeness (QED) is 0.847. The van der Waals surface area contributed by atoms with Gasteiger partial charge in [0.2, 0.25) is 0 Å². The standard InChI is InChI=1S/C16H23NO2/c1-12-6-7-14(19-2)13(10-12)15(18)16(11-17)8-4-3-5-9-16/h6-7,10H,3-5,8-9,11,17H2,1-2H3. The topological polar surface area (TPSA) is 52.3 Å². The summed E-state index contributed by atoms with van der Waals surface area (Å²) in [5.74, 6) is 0.823. The summed E-state index contributed by atoms with van der Waals surface area (Å²) >= 11 is 0. The highest BCUT2D eigenvalue weighted by atomic mass is 16.5. The third-order valence-corrected chi connectivity index (χ3v) is 4.28. The average molecular weight is 261 g/mol. The molecule has 1 aliphatic carbocycles. The molecule has 3 nitrogen and oxygen atoms in total. The number of ketones is 1. The Morgan fingerprint density at radius 1 is 1.32 bits per heavy atom. The molecule has 0 unspecified atom stereocenters. The monoisotopic (exact) mass is 261 g/mol. The van der Waals surface area contributed by atoms with Crippen molar-refractivity contribution in [3.05, 3.63) is 29.3 Å². The lowest BCUT2D eigenvalue weighted by molar-refractivity contribution is 0.0726. The molecule has 0 spiro atoms. The first kappa shape index (κ1) is 14.1. The largest absolute Gasteiger partial charge is 0.496 e. The molecule has 3 heteroatoms. The predicted octanol–water partition coefficient (Wildman–Crippen LogP) is 3.10. The molecular formula is C16H23NO2. The zero-order chi connectivity index (χ0) is 13.9. The summed E-state index contributed by atoms with van der Waals surface area (Å²) in [6, 6.07) is 5.76. The molecule has 1 fully saturated rings. The van der Waals surface area contributed by atoms with E-state index in [4.69, 9.17) is 10.5 Å². The summed E-state index contributed by atoms with van der Waals surface area (Å²) < 4.78 is 5.34. The first-order valence-electron chi connectivity index (χ1n) is 7.02. The van der Waals surface area contributed by atoms with E-state index in [2.05, 4.69) is 0 Å². The number of carbonyl (C=O) groups excluding carboxylic acids is 1. The zero-order valence-electron chi connectivity index (χ0n) is 11.9. The number of Topliss-reactive ketones (excluding diaryl/α,β-unsaturated/α-hetero) is 1. The van der Waals surface area contributed by atoms with Gasteiger partial charge in [-0.15, -0.1) is 0 Å². The van der Waals surface area contributed by atoms with Crippen LogP contribution in [0.15, 0.2) is 18.2 Å². The Bertz CT molecular complexity index is 462. The van der Waals surface area contributed by atoms with Gasteiger partial charge in [0.15, 0.2) is 5.78 Å². The van der Waals surface area contributed by atoms with Gasteiger partial charge >= 0.3 is 0 Å². The van der Waals surface area contributed by atoms with Gasteiger partial charge in [-0.3, -0.25) is 4.79 Å². The fourth-order valence-electron chi connectivity index (χ4n) is 3.04. The molecule has 0 aliphatic heterocycles. The smallest absolute Gasteiger partial charge is 0.173 e. The molecule has 1 saturated carbocycles. The van der Waals surface area contributed by atoms with Gasteiger partial charge < -0.3 is 10.5 Å². The van der Waals surface area contributed by atoms with Gasteiger partial charge in [0.25, 0.3) is 0 Å². The number of benzene rings is 1. The Hall–Kier alpha value is -1.35. The summed E-state index contributed by atoms with van der Waals surface area (Å²) in [4.78, 5) is 12.9. The molecule has 0 aromatic heterocycles. The average Bonchev–Trinajstić information content (AvgIpc) is 2.47. The molecule has 2 rings (SSSR count). The number of rotatable bonds is 4. The van der Waals surface area contributed by atoms with Gasteiger partial charge in [0.1, 0.15) is 5.75 Å². The van der Waals surface area contributed by atoms with Crippen molar-refractivity contribution >= 4 is 5.78 Å². The fourth-order valence-corrected chi connectivity index (χ4v) is 3.04. The second-order valence-electron chi connectivity index (χ2n) is 5.58. The summed E-state index contributed by atoms with van der Waals surface area (Å²) in [5, 5.41) is 0. The molecule has 0 bridgehead atoms. The number of ether oxygens (including phenoxy) is 1. The number of hydrogen-bond donors (Lipinski definition) is 1.